The Morgan fingerprint density at radius 2 is 2.27 bits per heavy atom. The summed E-state index contributed by atoms with van der Waals surface area (Å²) in [5.41, 5.74) is 0. The second-order valence-corrected chi connectivity index (χ2v) is 3.03. The predicted molar refractivity (Wildman–Crippen MR) is 40.8 cm³/mol. The highest BCUT2D eigenvalue weighted by molar-refractivity contribution is 9.11. The zero-order valence-electron chi connectivity index (χ0n) is 5.74. The van der Waals surface area contributed by atoms with Gasteiger partial charge >= 0.3 is 0 Å². The largest absolute Gasteiger partial charge is 0.370 e. The van der Waals surface area contributed by atoms with Gasteiger partial charge in [-0.1, -0.05) is 0 Å². The minimum Gasteiger partial charge on any atom is -0.370 e. The zero-order valence-corrected chi connectivity index (χ0v) is 7.33. The molecule has 0 aliphatic carbocycles. The van der Waals surface area contributed by atoms with Crippen molar-refractivity contribution in [3.8, 4) is 0 Å². The molecule has 0 aromatic carbocycles. The standard InChI is InChI=1S/C6H8BrF2NO/c7-5(6(8)9)4-3-10-1-2-11-4/h4,10H,1-3H2. The number of rotatable bonds is 1. The van der Waals surface area contributed by atoms with Crippen molar-refractivity contribution >= 4 is 15.9 Å². The third kappa shape index (κ3) is 2.50. The van der Waals surface area contributed by atoms with Crippen LogP contribution in [0.4, 0.5) is 8.78 Å². The molecular weight excluding hydrogens is 220 g/mol. The second kappa shape index (κ2) is 4.13. The Bertz CT molecular complexity index is 164. The molecular formula is C6H8BrF2NO. The van der Waals surface area contributed by atoms with Crippen LogP contribution in [0.2, 0.25) is 0 Å². The van der Waals surface area contributed by atoms with Crippen molar-refractivity contribution in [2.24, 2.45) is 0 Å². The Morgan fingerprint density at radius 3 is 2.73 bits per heavy atom. The lowest BCUT2D eigenvalue weighted by molar-refractivity contribution is 0.0546. The van der Waals surface area contributed by atoms with E-state index in [1.165, 1.54) is 0 Å². The lowest BCUT2D eigenvalue weighted by Gasteiger charge is -2.22. The van der Waals surface area contributed by atoms with Gasteiger partial charge in [0.2, 0.25) is 0 Å². The molecule has 11 heavy (non-hydrogen) atoms. The van der Waals surface area contributed by atoms with E-state index in [9.17, 15) is 8.78 Å². The van der Waals surface area contributed by atoms with E-state index in [0.717, 1.165) is 6.54 Å². The molecule has 1 saturated heterocycles. The Kier molecular flexibility index (Phi) is 3.42. The van der Waals surface area contributed by atoms with Gasteiger partial charge in [0, 0.05) is 13.1 Å². The van der Waals surface area contributed by atoms with E-state index < -0.39 is 12.2 Å². The average Bonchev–Trinajstić information content (AvgIpc) is 2.05. The average molecular weight is 228 g/mol. The van der Waals surface area contributed by atoms with E-state index in [1.54, 1.807) is 0 Å². The van der Waals surface area contributed by atoms with Crippen LogP contribution in [0.15, 0.2) is 10.6 Å². The number of hydrogen-bond acceptors (Lipinski definition) is 2. The number of morpholine rings is 1. The van der Waals surface area contributed by atoms with Crippen LogP contribution in [0.25, 0.3) is 0 Å². The molecule has 0 bridgehead atoms. The number of hydrogen-bond donors (Lipinski definition) is 1. The van der Waals surface area contributed by atoms with Gasteiger partial charge < -0.3 is 10.1 Å². The fourth-order valence-corrected chi connectivity index (χ4v) is 1.14. The maximum Gasteiger partial charge on any atom is 0.283 e. The molecule has 0 aromatic rings. The molecule has 0 saturated carbocycles. The number of halogens is 3. The van der Waals surface area contributed by atoms with Gasteiger partial charge in [-0.15, -0.1) is 0 Å². The number of nitrogens with one attached hydrogen (secondary N) is 1. The SMILES string of the molecule is FC(F)=C(Br)C1CNCCO1. The summed E-state index contributed by atoms with van der Waals surface area (Å²) in [6.07, 6.45) is -2.23. The lowest BCUT2D eigenvalue weighted by atomic mass is 10.3. The highest BCUT2D eigenvalue weighted by Gasteiger charge is 2.19. The molecule has 0 spiro atoms. The molecule has 1 atom stereocenters. The first-order valence-corrected chi connectivity index (χ1v) is 4.04. The summed E-state index contributed by atoms with van der Waals surface area (Å²) in [6, 6.07) is 0. The van der Waals surface area contributed by atoms with Crippen LogP contribution >= 0.6 is 15.9 Å². The van der Waals surface area contributed by atoms with Crippen LogP contribution in [0.3, 0.4) is 0 Å². The molecule has 1 heterocycles. The third-order valence-electron chi connectivity index (χ3n) is 1.39. The minimum atomic E-state index is -1.71. The maximum atomic E-state index is 11.9. The first-order chi connectivity index (χ1) is 5.22. The molecule has 2 nitrogen and oxygen atoms in total. The summed E-state index contributed by atoms with van der Waals surface area (Å²) < 4.78 is 28.8. The predicted octanol–water partition coefficient (Wildman–Crippen LogP) is 1.48. The fraction of sp³-hybridized carbons (Fsp3) is 0.667. The Balaban J connectivity index is 2.52. The van der Waals surface area contributed by atoms with Crippen LogP contribution in [-0.2, 0) is 4.74 Å². The normalized spacial score (nSPS) is 24.8. The molecule has 1 N–H and O–H groups in total. The molecule has 1 aliphatic rings. The monoisotopic (exact) mass is 227 g/mol. The van der Waals surface area contributed by atoms with Gasteiger partial charge in [-0.3, -0.25) is 0 Å². The molecule has 5 heteroatoms. The van der Waals surface area contributed by atoms with E-state index in [2.05, 4.69) is 21.2 Å². The van der Waals surface area contributed by atoms with Gasteiger partial charge in [-0.2, -0.15) is 8.78 Å². The zero-order chi connectivity index (χ0) is 8.27. The van der Waals surface area contributed by atoms with Crippen molar-refractivity contribution in [1.82, 2.24) is 5.32 Å². The maximum absolute atomic E-state index is 11.9. The highest BCUT2D eigenvalue weighted by Crippen LogP contribution is 2.21. The lowest BCUT2D eigenvalue weighted by Crippen LogP contribution is -2.38. The van der Waals surface area contributed by atoms with Crippen molar-refractivity contribution in [2.45, 2.75) is 6.10 Å². The minimum absolute atomic E-state index is 0.148. The van der Waals surface area contributed by atoms with Crippen LogP contribution in [0.5, 0.6) is 0 Å². The van der Waals surface area contributed by atoms with Gasteiger partial charge in [0.25, 0.3) is 6.08 Å². The van der Waals surface area contributed by atoms with Crippen LogP contribution in [0, 0.1) is 0 Å². The fourth-order valence-electron chi connectivity index (χ4n) is 0.850. The third-order valence-corrected chi connectivity index (χ3v) is 2.20. The molecule has 64 valence electrons. The molecule has 1 aliphatic heterocycles. The van der Waals surface area contributed by atoms with Gasteiger partial charge in [0.15, 0.2) is 0 Å². The molecule has 1 rings (SSSR count). The van der Waals surface area contributed by atoms with Crippen LogP contribution in [0.1, 0.15) is 0 Å². The van der Waals surface area contributed by atoms with Gasteiger partial charge in [0.1, 0.15) is 6.10 Å². The topological polar surface area (TPSA) is 21.3 Å². The Hall–Kier alpha value is -0.0000000000000000416. The first-order valence-electron chi connectivity index (χ1n) is 3.25. The van der Waals surface area contributed by atoms with E-state index in [0.29, 0.717) is 13.2 Å². The van der Waals surface area contributed by atoms with Crippen LogP contribution < -0.4 is 5.32 Å². The second-order valence-electron chi connectivity index (χ2n) is 2.17. The molecule has 0 aromatic heterocycles. The summed E-state index contributed by atoms with van der Waals surface area (Å²) >= 11 is 2.77. The first kappa shape index (κ1) is 9.09. The summed E-state index contributed by atoms with van der Waals surface area (Å²) in [6.45, 7) is 1.65. The number of ether oxygens (including phenoxy) is 1. The van der Waals surface area contributed by atoms with Gasteiger partial charge in [-0.25, -0.2) is 0 Å². The van der Waals surface area contributed by atoms with Crippen LogP contribution in [-0.4, -0.2) is 25.8 Å². The van der Waals surface area contributed by atoms with Crippen molar-refractivity contribution in [2.75, 3.05) is 19.7 Å². The van der Waals surface area contributed by atoms with Gasteiger partial charge in [0.05, 0.1) is 11.1 Å². The summed E-state index contributed by atoms with van der Waals surface area (Å²) in [5.74, 6) is 0. The summed E-state index contributed by atoms with van der Waals surface area (Å²) in [5, 5.41) is 2.95. The quantitative estimate of drug-likeness (QED) is 0.733. The molecule has 1 fully saturated rings. The van der Waals surface area contributed by atoms with Crippen molar-refractivity contribution in [3.63, 3.8) is 0 Å². The van der Waals surface area contributed by atoms with E-state index >= 15 is 0 Å². The van der Waals surface area contributed by atoms with Crippen molar-refractivity contribution in [3.05, 3.63) is 10.6 Å². The van der Waals surface area contributed by atoms with E-state index in [1.807, 2.05) is 0 Å². The molecule has 0 radical (unpaired) electrons. The highest BCUT2D eigenvalue weighted by atomic mass is 79.9. The summed E-state index contributed by atoms with van der Waals surface area (Å²) in [7, 11) is 0. The van der Waals surface area contributed by atoms with E-state index in [-0.39, 0.29) is 4.48 Å². The molecule has 1 unspecified atom stereocenters. The Labute approximate surface area is 71.7 Å². The smallest absolute Gasteiger partial charge is 0.283 e. The van der Waals surface area contributed by atoms with Crippen molar-refractivity contribution in [1.29, 1.82) is 0 Å². The summed E-state index contributed by atoms with van der Waals surface area (Å²) in [4.78, 5) is 0. The Morgan fingerprint density at radius 1 is 1.55 bits per heavy atom. The van der Waals surface area contributed by atoms with Crippen molar-refractivity contribution < 1.29 is 13.5 Å². The van der Waals surface area contributed by atoms with E-state index in [4.69, 9.17) is 4.74 Å². The molecule has 0 amide bonds. The van der Waals surface area contributed by atoms with Gasteiger partial charge in [-0.05, 0) is 15.9 Å².